The van der Waals surface area contributed by atoms with Gasteiger partial charge < -0.3 is 10.0 Å². The molecule has 0 unspecified atom stereocenters. The summed E-state index contributed by atoms with van der Waals surface area (Å²) in [5.74, 6) is 0.512. The van der Waals surface area contributed by atoms with Gasteiger partial charge in [-0.15, -0.1) is 0 Å². The number of nitrogens with zero attached hydrogens (tertiary/aromatic N) is 2. The lowest BCUT2D eigenvalue weighted by molar-refractivity contribution is -0.129. The van der Waals surface area contributed by atoms with Gasteiger partial charge in [-0.2, -0.15) is 0 Å². The van der Waals surface area contributed by atoms with Crippen LogP contribution in [-0.2, 0) is 11.3 Å². The highest BCUT2D eigenvalue weighted by molar-refractivity contribution is 5.76. The van der Waals surface area contributed by atoms with E-state index in [0.717, 1.165) is 26.2 Å². The van der Waals surface area contributed by atoms with E-state index in [1.165, 1.54) is 5.56 Å². The molecule has 1 aliphatic heterocycles. The van der Waals surface area contributed by atoms with Gasteiger partial charge in [-0.3, -0.25) is 9.69 Å². The average molecular weight is 234 g/mol. The highest BCUT2D eigenvalue weighted by atomic mass is 16.3. The van der Waals surface area contributed by atoms with Crippen LogP contribution in [0.5, 0.6) is 5.75 Å². The summed E-state index contributed by atoms with van der Waals surface area (Å²) < 4.78 is 0. The Balaban J connectivity index is 1.95. The molecule has 0 aliphatic carbocycles. The quantitative estimate of drug-likeness (QED) is 0.832. The van der Waals surface area contributed by atoms with Crippen LogP contribution in [0.4, 0.5) is 0 Å². The number of phenolic OH excluding ortho intramolecular Hbond substituents is 1. The molecule has 1 heterocycles. The number of carbonyl (C=O) groups excluding carboxylic acids is 1. The molecule has 1 amide bonds. The van der Waals surface area contributed by atoms with Crippen LogP contribution in [-0.4, -0.2) is 47.5 Å². The van der Waals surface area contributed by atoms with E-state index in [2.05, 4.69) is 4.90 Å². The van der Waals surface area contributed by atoms with Crippen molar-refractivity contribution in [3.05, 3.63) is 29.8 Å². The van der Waals surface area contributed by atoms with Gasteiger partial charge in [0.05, 0.1) is 0 Å². The first-order valence-electron chi connectivity index (χ1n) is 5.89. The van der Waals surface area contributed by atoms with Gasteiger partial charge in [0.25, 0.3) is 0 Å². The molecule has 17 heavy (non-hydrogen) atoms. The number of phenols is 1. The predicted molar refractivity (Wildman–Crippen MR) is 65.6 cm³/mol. The summed E-state index contributed by atoms with van der Waals surface area (Å²) in [5.41, 5.74) is 1.17. The topological polar surface area (TPSA) is 43.8 Å². The van der Waals surface area contributed by atoms with Gasteiger partial charge in [0.1, 0.15) is 5.75 Å². The highest BCUT2D eigenvalue weighted by Crippen LogP contribution is 2.13. The Hall–Kier alpha value is -1.55. The second kappa shape index (κ2) is 5.19. The molecule has 4 heteroatoms. The molecule has 1 aliphatic rings. The fraction of sp³-hybridized carbons (Fsp3) is 0.462. The molecule has 4 nitrogen and oxygen atoms in total. The molecule has 0 atom stereocenters. The molecular formula is C13H18N2O2. The Kier molecular flexibility index (Phi) is 3.64. The smallest absolute Gasteiger partial charge is 0.223 e. The average Bonchev–Trinajstić information content (AvgIpc) is 2.48. The van der Waals surface area contributed by atoms with E-state index in [1.54, 1.807) is 17.0 Å². The normalized spacial score (nSPS) is 18.2. The number of hydrogen-bond donors (Lipinski definition) is 1. The van der Waals surface area contributed by atoms with E-state index in [1.807, 2.05) is 19.2 Å². The standard InChI is InChI=1S/C13H18N2O2/c1-14-8-9-15(7-6-13(14)17)10-11-2-4-12(16)5-3-11/h2-5,16H,6-10H2,1H3. The van der Waals surface area contributed by atoms with Crippen LogP contribution < -0.4 is 0 Å². The molecule has 1 saturated heterocycles. The third kappa shape index (κ3) is 3.20. The largest absolute Gasteiger partial charge is 0.508 e. The van der Waals surface area contributed by atoms with Gasteiger partial charge in [0, 0.05) is 39.6 Å². The predicted octanol–water partition coefficient (Wildman–Crippen LogP) is 1.06. The van der Waals surface area contributed by atoms with Crippen LogP contribution >= 0.6 is 0 Å². The van der Waals surface area contributed by atoms with E-state index in [9.17, 15) is 9.90 Å². The number of rotatable bonds is 2. The summed E-state index contributed by atoms with van der Waals surface area (Å²) in [7, 11) is 1.85. The molecule has 0 aromatic heterocycles. The second-order valence-electron chi connectivity index (χ2n) is 4.51. The van der Waals surface area contributed by atoms with Crippen molar-refractivity contribution in [1.29, 1.82) is 0 Å². The molecule has 0 saturated carbocycles. The summed E-state index contributed by atoms with van der Waals surface area (Å²) in [6, 6.07) is 7.24. The Morgan fingerprint density at radius 3 is 2.59 bits per heavy atom. The molecule has 2 rings (SSSR count). The minimum atomic E-state index is 0.221. The number of carbonyl (C=O) groups is 1. The molecule has 1 N–H and O–H groups in total. The maximum Gasteiger partial charge on any atom is 0.223 e. The van der Waals surface area contributed by atoms with E-state index in [4.69, 9.17) is 0 Å². The number of likely N-dealkylation sites (N-methyl/N-ethyl adjacent to an activating group) is 1. The zero-order valence-corrected chi connectivity index (χ0v) is 10.1. The van der Waals surface area contributed by atoms with E-state index < -0.39 is 0 Å². The number of aromatic hydroxyl groups is 1. The van der Waals surface area contributed by atoms with Crippen molar-refractivity contribution in [3.8, 4) is 5.75 Å². The van der Waals surface area contributed by atoms with Gasteiger partial charge in [0.2, 0.25) is 5.91 Å². The molecule has 0 radical (unpaired) electrons. The Morgan fingerprint density at radius 2 is 1.88 bits per heavy atom. The third-order valence-electron chi connectivity index (χ3n) is 3.16. The van der Waals surface area contributed by atoms with E-state index >= 15 is 0 Å². The molecule has 1 aromatic carbocycles. The van der Waals surface area contributed by atoms with Crippen molar-refractivity contribution in [2.75, 3.05) is 26.7 Å². The second-order valence-corrected chi connectivity index (χ2v) is 4.51. The van der Waals surface area contributed by atoms with Crippen molar-refractivity contribution in [1.82, 2.24) is 9.80 Å². The van der Waals surface area contributed by atoms with Crippen molar-refractivity contribution in [3.63, 3.8) is 0 Å². The van der Waals surface area contributed by atoms with Crippen LogP contribution in [0.3, 0.4) is 0 Å². The van der Waals surface area contributed by atoms with Crippen LogP contribution in [0.1, 0.15) is 12.0 Å². The highest BCUT2D eigenvalue weighted by Gasteiger charge is 2.17. The van der Waals surface area contributed by atoms with Crippen molar-refractivity contribution >= 4 is 5.91 Å². The lowest BCUT2D eigenvalue weighted by Gasteiger charge is -2.19. The maximum absolute atomic E-state index is 11.5. The van der Waals surface area contributed by atoms with E-state index in [0.29, 0.717) is 12.2 Å². The van der Waals surface area contributed by atoms with Crippen molar-refractivity contribution in [2.24, 2.45) is 0 Å². The molecule has 1 aromatic rings. The zero-order chi connectivity index (χ0) is 12.3. The third-order valence-corrected chi connectivity index (χ3v) is 3.16. The first-order chi connectivity index (χ1) is 8.15. The lowest BCUT2D eigenvalue weighted by Crippen LogP contribution is -2.29. The summed E-state index contributed by atoms with van der Waals surface area (Å²) in [5, 5.41) is 9.21. The van der Waals surface area contributed by atoms with Gasteiger partial charge in [0.15, 0.2) is 0 Å². The SMILES string of the molecule is CN1CCN(Cc2ccc(O)cc2)CCC1=O. The van der Waals surface area contributed by atoms with Crippen LogP contribution in [0.25, 0.3) is 0 Å². The summed E-state index contributed by atoms with van der Waals surface area (Å²) in [6.45, 7) is 3.34. The van der Waals surface area contributed by atoms with Crippen LogP contribution in [0.2, 0.25) is 0 Å². The monoisotopic (exact) mass is 234 g/mol. The maximum atomic E-state index is 11.5. The van der Waals surface area contributed by atoms with E-state index in [-0.39, 0.29) is 5.91 Å². The number of hydrogen-bond acceptors (Lipinski definition) is 3. The number of benzene rings is 1. The minimum absolute atomic E-state index is 0.221. The number of amides is 1. The van der Waals surface area contributed by atoms with Gasteiger partial charge >= 0.3 is 0 Å². The Bertz CT molecular complexity index is 389. The van der Waals surface area contributed by atoms with Gasteiger partial charge in [-0.1, -0.05) is 12.1 Å². The summed E-state index contributed by atoms with van der Waals surface area (Å²) >= 11 is 0. The van der Waals surface area contributed by atoms with Crippen molar-refractivity contribution < 1.29 is 9.90 Å². The van der Waals surface area contributed by atoms with Crippen LogP contribution in [0.15, 0.2) is 24.3 Å². The Labute approximate surface area is 101 Å². The lowest BCUT2D eigenvalue weighted by atomic mass is 10.2. The molecule has 0 bridgehead atoms. The fourth-order valence-corrected chi connectivity index (χ4v) is 1.99. The Morgan fingerprint density at radius 1 is 1.18 bits per heavy atom. The molecule has 0 spiro atoms. The summed E-state index contributed by atoms with van der Waals surface area (Å²) in [4.78, 5) is 15.6. The molecule has 1 fully saturated rings. The first-order valence-corrected chi connectivity index (χ1v) is 5.89. The molecule has 92 valence electrons. The van der Waals surface area contributed by atoms with Crippen LogP contribution in [0, 0.1) is 0 Å². The molecular weight excluding hydrogens is 216 g/mol. The zero-order valence-electron chi connectivity index (χ0n) is 10.1. The fourth-order valence-electron chi connectivity index (χ4n) is 1.99. The first kappa shape index (κ1) is 11.9. The van der Waals surface area contributed by atoms with Gasteiger partial charge in [-0.25, -0.2) is 0 Å². The summed E-state index contributed by atoms with van der Waals surface area (Å²) in [6.07, 6.45) is 0.592. The van der Waals surface area contributed by atoms with Gasteiger partial charge in [-0.05, 0) is 17.7 Å². The van der Waals surface area contributed by atoms with Crippen molar-refractivity contribution in [2.45, 2.75) is 13.0 Å². The minimum Gasteiger partial charge on any atom is -0.508 e.